The Morgan fingerprint density at radius 2 is 2.38 bits per heavy atom. The topological polar surface area (TPSA) is 54.0 Å². The van der Waals surface area contributed by atoms with Crippen molar-refractivity contribution < 1.29 is 4.79 Å². The van der Waals surface area contributed by atoms with E-state index in [4.69, 9.17) is 0 Å². The molecule has 1 fully saturated rings. The van der Waals surface area contributed by atoms with Gasteiger partial charge in [-0.1, -0.05) is 0 Å². The number of hydrogen-bond acceptors (Lipinski definition) is 4. The Balaban J connectivity index is 0.00000128. The van der Waals surface area contributed by atoms with Gasteiger partial charge in [0.05, 0.1) is 6.54 Å². The van der Waals surface area contributed by atoms with E-state index < -0.39 is 0 Å². The average molecular weight is 262 g/mol. The van der Waals surface area contributed by atoms with Gasteiger partial charge in [0.2, 0.25) is 5.91 Å². The lowest BCUT2D eigenvalue weighted by molar-refractivity contribution is -0.115. The van der Waals surface area contributed by atoms with E-state index in [0.717, 1.165) is 17.3 Å². The quantitative estimate of drug-likeness (QED) is 0.850. The second-order valence-corrected chi connectivity index (χ2v) is 5.13. The van der Waals surface area contributed by atoms with E-state index in [0.29, 0.717) is 11.7 Å². The Morgan fingerprint density at radius 1 is 1.62 bits per heavy atom. The Kier molecular flexibility index (Phi) is 5.18. The number of anilines is 1. The first kappa shape index (κ1) is 13.4. The minimum Gasteiger partial charge on any atom is -0.308 e. The first-order chi connectivity index (χ1) is 7.24. The molecule has 1 aliphatic carbocycles. The molecule has 1 heterocycles. The third kappa shape index (κ3) is 4.47. The summed E-state index contributed by atoms with van der Waals surface area (Å²) in [4.78, 5) is 16.6. The lowest BCUT2D eigenvalue weighted by atomic mass is 10.4. The van der Waals surface area contributed by atoms with E-state index in [-0.39, 0.29) is 18.3 Å². The van der Waals surface area contributed by atoms with Crippen molar-refractivity contribution in [3.8, 4) is 0 Å². The molecule has 0 atom stereocenters. The van der Waals surface area contributed by atoms with Gasteiger partial charge in [0.15, 0.2) is 5.13 Å². The molecule has 0 radical (unpaired) electrons. The maximum atomic E-state index is 11.4. The zero-order chi connectivity index (χ0) is 10.7. The van der Waals surface area contributed by atoms with Crippen molar-refractivity contribution in [2.75, 3.05) is 18.4 Å². The largest absolute Gasteiger partial charge is 0.308 e. The van der Waals surface area contributed by atoms with Crippen LogP contribution in [0.25, 0.3) is 0 Å². The minimum absolute atomic E-state index is 0. The molecule has 16 heavy (non-hydrogen) atoms. The van der Waals surface area contributed by atoms with Gasteiger partial charge >= 0.3 is 0 Å². The van der Waals surface area contributed by atoms with Crippen molar-refractivity contribution in [2.24, 2.45) is 5.92 Å². The highest BCUT2D eigenvalue weighted by atomic mass is 35.5. The van der Waals surface area contributed by atoms with Crippen molar-refractivity contribution in [3.63, 3.8) is 0 Å². The summed E-state index contributed by atoms with van der Waals surface area (Å²) in [6.45, 7) is 3.32. The lowest BCUT2D eigenvalue weighted by Gasteiger charge is -2.02. The summed E-state index contributed by atoms with van der Waals surface area (Å²) in [5, 5.41) is 6.59. The van der Waals surface area contributed by atoms with Crippen LogP contribution in [0.15, 0.2) is 6.20 Å². The van der Waals surface area contributed by atoms with Gasteiger partial charge in [0, 0.05) is 11.1 Å². The van der Waals surface area contributed by atoms with Crippen molar-refractivity contribution in [1.82, 2.24) is 10.3 Å². The zero-order valence-corrected chi connectivity index (χ0v) is 10.8. The number of rotatable bonds is 5. The lowest BCUT2D eigenvalue weighted by Crippen LogP contribution is -2.29. The molecule has 6 heteroatoms. The second-order valence-electron chi connectivity index (χ2n) is 3.90. The third-order valence-electron chi connectivity index (χ3n) is 2.28. The van der Waals surface area contributed by atoms with Gasteiger partial charge in [-0.25, -0.2) is 4.98 Å². The summed E-state index contributed by atoms with van der Waals surface area (Å²) in [7, 11) is 0. The number of amides is 1. The van der Waals surface area contributed by atoms with Gasteiger partial charge in [-0.05, 0) is 32.2 Å². The van der Waals surface area contributed by atoms with Crippen LogP contribution in [-0.2, 0) is 4.79 Å². The van der Waals surface area contributed by atoms with Crippen LogP contribution in [0.4, 0.5) is 5.13 Å². The van der Waals surface area contributed by atoms with E-state index in [1.807, 2.05) is 6.92 Å². The third-order valence-corrected chi connectivity index (χ3v) is 3.11. The molecule has 1 aromatic rings. The summed E-state index contributed by atoms with van der Waals surface area (Å²) in [6, 6.07) is 0. The van der Waals surface area contributed by atoms with Crippen LogP contribution in [0.2, 0.25) is 0 Å². The van der Waals surface area contributed by atoms with Crippen molar-refractivity contribution in [3.05, 3.63) is 11.1 Å². The fraction of sp³-hybridized carbons (Fsp3) is 0.600. The van der Waals surface area contributed by atoms with Gasteiger partial charge in [-0.15, -0.1) is 23.7 Å². The molecule has 0 aliphatic heterocycles. The molecule has 2 rings (SSSR count). The van der Waals surface area contributed by atoms with Gasteiger partial charge in [0.25, 0.3) is 0 Å². The highest BCUT2D eigenvalue weighted by Crippen LogP contribution is 2.27. The number of halogens is 1. The predicted molar refractivity (Wildman–Crippen MR) is 68.3 cm³/mol. The standard InChI is InChI=1S/C10H15N3OS.ClH/c1-7-4-12-10(15-7)13-9(14)6-11-5-8-2-3-8;/h4,8,11H,2-3,5-6H2,1H3,(H,12,13,14);1H. The molecule has 0 saturated heterocycles. The van der Waals surface area contributed by atoms with E-state index in [1.54, 1.807) is 6.20 Å². The summed E-state index contributed by atoms with van der Waals surface area (Å²) < 4.78 is 0. The van der Waals surface area contributed by atoms with Crippen LogP contribution >= 0.6 is 23.7 Å². The Bertz CT molecular complexity index is 352. The maximum absolute atomic E-state index is 11.4. The Hall–Kier alpha value is -0.650. The summed E-state index contributed by atoms with van der Waals surface area (Å²) >= 11 is 1.50. The average Bonchev–Trinajstić information content (AvgIpc) is 2.91. The predicted octanol–water partition coefficient (Wildman–Crippen LogP) is 1.81. The van der Waals surface area contributed by atoms with E-state index in [2.05, 4.69) is 15.6 Å². The molecule has 0 unspecified atom stereocenters. The molecule has 1 aromatic heterocycles. The van der Waals surface area contributed by atoms with Crippen LogP contribution in [0, 0.1) is 12.8 Å². The number of nitrogens with zero attached hydrogens (tertiary/aromatic N) is 1. The SMILES string of the molecule is Cc1cnc(NC(=O)CNCC2CC2)s1.Cl. The van der Waals surface area contributed by atoms with Gasteiger partial charge in [0.1, 0.15) is 0 Å². The highest BCUT2D eigenvalue weighted by molar-refractivity contribution is 7.15. The molecular formula is C10H16ClN3OS. The molecule has 90 valence electrons. The summed E-state index contributed by atoms with van der Waals surface area (Å²) in [6.07, 6.45) is 4.37. The van der Waals surface area contributed by atoms with E-state index in [1.165, 1.54) is 24.2 Å². The minimum atomic E-state index is -0.00926. The smallest absolute Gasteiger partial charge is 0.240 e. The fourth-order valence-corrected chi connectivity index (χ4v) is 1.97. The Labute approximate surface area is 105 Å². The second kappa shape index (κ2) is 6.18. The maximum Gasteiger partial charge on any atom is 0.240 e. The van der Waals surface area contributed by atoms with Crippen molar-refractivity contribution in [2.45, 2.75) is 19.8 Å². The fourth-order valence-electron chi connectivity index (χ4n) is 1.29. The first-order valence-corrected chi connectivity index (χ1v) is 5.98. The van der Waals surface area contributed by atoms with E-state index >= 15 is 0 Å². The molecule has 4 nitrogen and oxygen atoms in total. The number of carbonyl (C=O) groups is 1. The van der Waals surface area contributed by atoms with Crippen LogP contribution in [-0.4, -0.2) is 24.0 Å². The number of carbonyl (C=O) groups excluding carboxylic acids is 1. The number of nitrogens with one attached hydrogen (secondary N) is 2. The molecule has 1 amide bonds. The summed E-state index contributed by atoms with van der Waals surface area (Å²) in [5.74, 6) is 0.796. The zero-order valence-electron chi connectivity index (χ0n) is 9.16. The monoisotopic (exact) mass is 261 g/mol. The summed E-state index contributed by atoms with van der Waals surface area (Å²) in [5.41, 5.74) is 0. The van der Waals surface area contributed by atoms with Crippen molar-refractivity contribution >= 4 is 34.8 Å². The van der Waals surface area contributed by atoms with Gasteiger partial charge in [-0.2, -0.15) is 0 Å². The van der Waals surface area contributed by atoms with E-state index in [9.17, 15) is 4.79 Å². The Morgan fingerprint density at radius 3 is 2.94 bits per heavy atom. The van der Waals surface area contributed by atoms with Gasteiger partial charge < -0.3 is 10.6 Å². The molecule has 1 saturated carbocycles. The molecule has 0 aromatic carbocycles. The normalized spacial score (nSPS) is 14.3. The molecule has 0 bridgehead atoms. The van der Waals surface area contributed by atoms with Crippen LogP contribution < -0.4 is 10.6 Å². The number of hydrogen-bond donors (Lipinski definition) is 2. The van der Waals surface area contributed by atoms with Crippen LogP contribution in [0.5, 0.6) is 0 Å². The van der Waals surface area contributed by atoms with Crippen LogP contribution in [0.1, 0.15) is 17.7 Å². The number of thiazole rings is 1. The first-order valence-electron chi connectivity index (χ1n) is 5.17. The van der Waals surface area contributed by atoms with Crippen LogP contribution in [0.3, 0.4) is 0 Å². The molecule has 1 aliphatic rings. The molecular weight excluding hydrogens is 246 g/mol. The molecule has 2 N–H and O–H groups in total. The van der Waals surface area contributed by atoms with Gasteiger partial charge in [-0.3, -0.25) is 4.79 Å². The molecule has 0 spiro atoms. The number of aromatic nitrogens is 1. The highest BCUT2D eigenvalue weighted by Gasteiger charge is 2.20. The number of aryl methyl sites for hydroxylation is 1. The van der Waals surface area contributed by atoms with Crippen molar-refractivity contribution in [1.29, 1.82) is 0 Å².